The molecule has 0 amide bonds. The summed E-state index contributed by atoms with van der Waals surface area (Å²) in [6.45, 7) is 19.8. The molecule has 0 unspecified atom stereocenters. The zero-order valence-electron chi connectivity index (χ0n) is 39.1. The predicted octanol–water partition coefficient (Wildman–Crippen LogP) is 15.4. The molecule has 0 bridgehead atoms. The fraction of sp³-hybridized carbons (Fsp3) is 0.571. The molecule has 0 heterocycles. The Labute approximate surface area is 361 Å². The van der Waals surface area contributed by atoms with Gasteiger partial charge >= 0.3 is 0 Å². The van der Waals surface area contributed by atoms with E-state index in [0.29, 0.717) is 10.6 Å². The van der Waals surface area contributed by atoms with Crippen molar-refractivity contribution in [1.29, 1.82) is 0 Å². The average Bonchev–Trinajstić information content (AvgIpc) is 3.29. The Kier molecular flexibility index (Phi) is 23.4. The monoisotopic (exact) mass is 803 g/mol. The number of hydrogen-bond donors (Lipinski definition) is 0. The van der Waals surface area contributed by atoms with Crippen LogP contribution in [0.3, 0.4) is 0 Å². The topological polar surface area (TPSA) is 0 Å². The van der Waals surface area contributed by atoms with E-state index in [0.717, 1.165) is 0 Å². The van der Waals surface area contributed by atoms with Crippen LogP contribution in [0.4, 0.5) is 0 Å². The fourth-order valence-electron chi connectivity index (χ4n) is 11.4. The molecule has 0 N–H and O–H groups in total. The van der Waals surface area contributed by atoms with Gasteiger partial charge in [0.1, 0.15) is 6.15 Å². The quantitative estimate of drug-likeness (QED) is 0.0396. The van der Waals surface area contributed by atoms with Gasteiger partial charge in [-0.3, -0.25) is 0 Å². The Hall–Kier alpha value is -2.63. The normalized spacial score (nSPS) is 12.3. The van der Waals surface area contributed by atoms with Crippen molar-refractivity contribution in [2.45, 2.75) is 183 Å². The van der Waals surface area contributed by atoms with Crippen LogP contribution in [0.5, 0.6) is 0 Å². The molecule has 0 nitrogen and oxygen atoms in total. The van der Waals surface area contributed by atoms with Gasteiger partial charge in [0, 0.05) is 12.7 Å². The summed E-state index contributed by atoms with van der Waals surface area (Å²) in [5, 5.41) is 0.643. The number of rotatable bonds is 28. The first-order chi connectivity index (χ1) is 28.4. The van der Waals surface area contributed by atoms with Crippen molar-refractivity contribution in [1.82, 2.24) is 0 Å². The van der Waals surface area contributed by atoms with Crippen molar-refractivity contribution >= 4 is 35.3 Å². The van der Waals surface area contributed by atoms with Crippen molar-refractivity contribution in [3.63, 3.8) is 0 Å². The van der Waals surface area contributed by atoms with Crippen LogP contribution in [0, 0.1) is 5.41 Å². The zero-order valence-corrected chi connectivity index (χ0v) is 40.0. The van der Waals surface area contributed by atoms with Crippen molar-refractivity contribution in [3.05, 3.63) is 121 Å². The molecule has 58 heavy (non-hydrogen) atoms. The second-order valence-electron chi connectivity index (χ2n) is 18.0. The first-order valence-electron chi connectivity index (χ1n) is 24.6. The fourth-order valence-corrected chi connectivity index (χ4v) is 18.7. The second kappa shape index (κ2) is 27.3. The van der Waals surface area contributed by atoms with Crippen LogP contribution < -0.4 is 21.9 Å². The van der Waals surface area contributed by atoms with Crippen LogP contribution in [-0.2, 0) is 0 Å². The molecule has 0 saturated heterocycles. The molecule has 0 aliphatic heterocycles. The van der Waals surface area contributed by atoms with Gasteiger partial charge in [0.15, 0.2) is 0 Å². The molecule has 0 aliphatic carbocycles. The third-order valence-corrected chi connectivity index (χ3v) is 20.7. The number of unbranched alkanes of at least 4 members (excludes halogenated alkanes) is 7. The van der Waals surface area contributed by atoms with Crippen molar-refractivity contribution in [3.8, 4) is 0 Å². The van der Waals surface area contributed by atoms with Gasteiger partial charge in [0.25, 0.3) is 0 Å². The summed E-state index contributed by atoms with van der Waals surface area (Å²) in [6, 6.07) is 43.5. The summed E-state index contributed by atoms with van der Waals surface area (Å²) >= 11 is 0. The van der Waals surface area contributed by atoms with Crippen LogP contribution in [-0.4, -0.2) is 29.8 Å². The van der Waals surface area contributed by atoms with Crippen molar-refractivity contribution in [2.75, 3.05) is 18.5 Å². The maximum absolute atomic E-state index is 2.62. The molecule has 0 radical (unpaired) electrons. The van der Waals surface area contributed by atoms with E-state index in [9.17, 15) is 0 Å². The lowest BCUT2D eigenvalue weighted by Gasteiger charge is -2.58. The molecule has 4 aromatic carbocycles. The maximum atomic E-state index is 2.62. The third-order valence-electron chi connectivity index (χ3n) is 14.5. The van der Waals surface area contributed by atoms with Crippen molar-refractivity contribution < 1.29 is 0 Å². The van der Waals surface area contributed by atoms with E-state index in [1.165, 1.54) is 131 Å². The van der Waals surface area contributed by atoms with Crippen LogP contribution in [0.25, 0.3) is 0 Å². The molecule has 4 rings (SSSR count). The van der Waals surface area contributed by atoms with Crippen LogP contribution in [0.15, 0.2) is 121 Å². The minimum atomic E-state index is -1.22. The third kappa shape index (κ3) is 12.2. The Balaban J connectivity index is 0.000000319. The number of benzene rings is 4. The largest absolute Gasteiger partial charge is 0.195 e. The molecule has 0 aromatic heterocycles. The van der Waals surface area contributed by atoms with Crippen LogP contribution >= 0.6 is 7.26 Å². The summed E-state index contributed by atoms with van der Waals surface area (Å²) in [5.74, 6) is 0. The van der Waals surface area contributed by atoms with E-state index in [2.05, 4.69) is 177 Å². The first kappa shape index (κ1) is 49.7. The van der Waals surface area contributed by atoms with Crippen LogP contribution in [0.1, 0.15) is 177 Å². The standard InChI is InChI=1S/C32H68P.C24H20B/c1-9-17-24-31(16-8,25-18-10-2)32(26-19-11-3,27-20-12-4)33(28-21-13-5,29-22-14-6)30-23-15-7;1-5-13-21(14-6-1)25(22-15-7-2-8-16-22,23-17-9-3-10-18-23)24-19-11-4-12-20-24/h9-30H2,1-8H3;1-20H/q+1;-1. The van der Waals surface area contributed by atoms with E-state index in [1.807, 2.05) is 0 Å². The summed E-state index contributed by atoms with van der Waals surface area (Å²) in [4.78, 5) is 0. The molecule has 2 heteroatoms. The Bertz CT molecular complexity index is 1370. The van der Waals surface area contributed by atoms with Gasteiger partial charge in [-0.15, -0.1) is 0 Å². The van der Waals surface area contributed by atoms with E-state index >= 15 is 0 Å². The maximum Gasteiger partial charge on any atom is 0.108 e. The van der Waals surface area contributed by atoms with E-state index in [4.69, 9.17) is 0 Å². The van der Waals surface area contributed by atoms with Gasteiger partial charge in [-0.25, -0.2) is 0 Å². The smallest absolute Gasteiger partial charge is 0.108 e. The summed E-state index contributed by atoms with van der Waals surface area (Å²) in [7, 11) is -1.06. The average molecular weight is 803 g/mol. The molecular formula is C56H88BP. The van der Waals surface area contributed by atoms with Crippen molar-refractivity contribution in [2.24, 2.45) is 5.41 Å². The molecule has 4 aromatic rings. The molecule has 0 saturated carbocycles. The molecule has 320 valence electrons. The predicted molar refractivity (Wildman–Crippen MR) is 270 cm³/mol. The summed E-state index contributed by atoms with van der Waals surface area (Å²) < 4.78 is 0. The Morgan fingerprint density at radius 1 is 0.345 bits per heavy atom. The Morgan fingerprint density at radius 2 is 0.603 bits per heavy atom. The Morgan fingerprint density at radius 3 is 0.845 bits per heavy atom. The number of hydrogen-bond acceptors (Lipinski definition) is 0. The van der Waals surface area contributed by atoms with E-state index in [-0.39, 0.29) is 0 Å². The van der Waals surface area contributed by atoms with Crippen LogP contribution in [0.2, 0.25) is 0 Å². The molecule has 0 fully saturated rings. The van der Waals surface area contributed by atoms with Gasteiger partial charge in [0.2, 0.25) is 0 Å². The first-order valence-corrected chi connectivity index (χ1v) is 27.0. The summed E-state index contributed by atoms with van der Waals surface area (Å²) in [5.41, 5.74) is 5.95. The lowest BCUT2D eigenvalue weighted by molar-refractivity contribution is 0.114. The minimum absolute atomic E-state index is 0.590. The van der Waals surface area contributed by atoms with E-state index < -0.39 is 13.4 Å². The highest BCUT2D eigenvalue weighted by atomic mass is 31.2. The molecule has 0 spiro atoms. The second-order valence-corrected chi connectivity index (χ2v) is 22.5. The van der Waals surface area contributed by atoms with Gasteiger partial charge in [-0.2, -0.15) is 21.9 Å². The molecule has 0 atom stereocenters. The highest BCUT2D eigenvalue weighted by molar-refractivity contribution is 7.77. The summed E-state index contributed by atoms with van der Waals surface area (Å²) in [6.07, 6.45) is 31.1. The minimum Gasteiger partial charge on any atom is -0.195 e. The lowest BCUT2D eigenvalue weighted by atomic mass is 9.13. The zero-order chi connectivity index (χ0) is 42.0. The van der Waals surface area contributed by atoms with Gasteiger partial charge < -0.3 is 0 Å². The van der Waals surface area contributed by atoms with Gasteiger partial charge in [0.05, 0.1) is 23.6 Å². The molecule has 0 aliphatic rings. The SMILES string of the molecule is CCCCC(CC)(CCCC)C(CCCC)(CCCC)[P+](CCCC)(CCCC)CCCC.c1ccc([B-](c2ccccc2)(c2ccccc2)c2ccccc2)cc1. The van der Waals surface area contributed by atoms with Gasteiger partial charge in [-0.05, 0) is 64.2 Å². The van der Waals surface area contributed by atoms with Gasteiger partial charge in [-0.1, -0.05) is 235 Å². The highest BCUT2D eigenvalue weighted by Crippen LogP contribution is 2.79. The lowest BCUT2D eigenvalue weighted by Crippen LogP contribution is -2.74. The molecular weight excluding hydrogens is 714 g/mol. The highest BCUT2D eigenvalue weighted by Gasteiger charge is 2.64. The van der Waals surface area contributed by atoms with E-state index in [1.54, 1.807) is 31.3 Å².